The Labute approximate surface area is 159 Å². The predicted octanol–water partition coefficient (Wildman–Crippen LogP) is 3.01. The van der Waals surface area contributed by atoms with Crippen LogP contribution in [0.1, 0.15) is 65.2 Å². The van der Waals surface area contributed by atoms with Crippen molar-refractivity contribution in [3.8, 4) is 6.01 Å². The Kier molecular flexibility index (Phi) is 6.71. The summed E-state index contributed by atoms with van der Waals surface area (Å²) in [5.74, 6) is 0.241. The molecular weight excluding hydrogens is 346 g/mol. The van der Waals surface area contributed by atoms with Gasteiger partial charge in [0.25, 0.3) is 0 Å². The summed E-state index contributed by atoms with van der Waals surface area (Å²) in [5.41, 5.74) is 6.79. The van der Waals surface area contributed by atoms with Crippen LogP contribution in [-0.4, -0.2) is 38.3 Å². The summed E-state index contributed by atoms with van der Waals surface area (Å²) in [4.78, 5) is 23.7. The summed E-state index contributed by atoms with van der Waals surface area (Å²) in [5, 5.41) is 0. The van der Waals surface area contributed by atoms with Crippen molar-refractivity contribution < 1.29 is 9.47 Å². The highest BCUT2D eigenvalue weighted by Crippen LogP contribution is 2.21. The number of rotatable bonds is 9. The molecule has 2 aromatic rings. The third-order valence-corrected chi connectivity index (χ3v) is 5.06. The van der Waals surface area contributed by atoms with Crippen molar-refractivity contribution in [3.05, 3.63) is 10.5 Å². The summed E-state index contributed by atoms with van der Waals surface area (Å²) in [6.07, 6.45) is 8.80. The molecule has 0 radical (unpaired) electrons. The molecule has 0 aliphatic carbocycles. The Balaban J connectivity index is 1.67. The van der Waals surface area contributed by atoms with Gasteiger partial charge in [-0.25, -0.2) is 4.79 Å². The molecule has 0 amide bonds. The average molecular weight is 377 g/mol. The van der Waals surface area contributed by atoms with Crippen molar-refractivity contribution in [2.75, 3.05) is 12.3 Å². The SMILES string of the molecule is CCC[C@@H](C)Oc1nc(N)c2[nH]c(=O)n(CCCCC3CCCCO3)c2n1. The lowest BCUT2D eigenvalue weighted by atomic mass is 10.0. The summed E-state index contributed by atoms with van der Waals surface area (Å²) in [7, 11) is 0. The maximum Gasteiger partial charge on any atom is 0.327 e. The second kappa shape index (κ2) is 9.21. The highest BCUT2D eigenvalue weighted by molar-refractivity contribution is 5.81. The zero-order chi connectivity index (χ0) is 19.2. The van der Waals surface area contributed by atoms with Crippen molar-refractivity contribution in [2.24, 2.45) is 0 Å². The van der Waals surface area contributed by atoms with Crippen LogP contribution in [0, 0.1) is 0 Å². The topological polar surface area (TPSA) is 108 Å². The number of hydrogen-bond donors (Lipinski definition) is 2. The van der Waals surface area contributed by atoms with E-state index in [0.29, 0.717) is 23.8 Å². The van der Waals surface area contributed by atoms with E-state index in [9.17, 15) is 4.79 Å². The molecule has 8 nitrogen and oxygen atoms in total. The Morgan fingerprint density at radius 1 is 1.37 bits per heavy atom. The van der Waals surface area contributed by atoms with Gasteiger partial charge in [-0.15, -0.1) is 0 Å². The number of aryl methyl sites for hydroxylation is 1. The molecule has 3 rings (SSSR count). The second-order valence-corrected chi connectivity index (χ2v) is 7.37. The molecule has 1 aliphatic rings. The summed E-state index contributed by atoms with van der Waals surface area (Å²) in [6, 6.07) is 0.226. The van der Waals surface area contributed by atoms with E-state index in [1.54, 1.807) is 4.57 Å². The van der Waals surface area contributed by atoms with Crippen molar-refractivity contribution in [1.82, 2.24) is 19.5 Å². The number of ether oxygens (including phenoxy) is 2. The Bertz CT molecular complexity index is 794. The molecule has 2 atom stereocenters. The van der Waals surface area contributed by atoms with Gasteiger partial charge in [0.1, 0.15) is 5.52 Å². The van der Waals surface area contributed by atoms with Crippen molar-refractivity contribution in [2.45, 2.75) is 84.0 Å². The highest BCUT2D eigenvalue weighted by atomic mass is 16.5. The molecule has 1 aliphatic heterocycles. The van der Waals surface area contributed by atoms with Crippen LogP contribution in [0.5, 0.6) is 6.01 Å². The Morgan fingerprint density at radius 3 is 2.96 bits per heavy atom. The molecule has 0 aromatic carbocycles. The molecule has 3 N–H and O–H groups in total. The van der Waals surface area contributed by atoms with Crippen LogP contribution in [0.4, 0.5) is 5.82 Å². The van der Waals surface area contributed by atoms with Crippen LogP contribution < -0.4 is 16.2 Å². The van der Waals surface area contributed by atoms with Gasteiger partial charge in [-0.05, 0) is 51.9 Å². The van der Waals surface area contributed by atoms with E-state index < -0.39 is 0 Å². The third-order valence-electron chi connectivity index (χ3n) is 5.06. The minimum absolute atomic E-state index is 0.00135. The standard InChI is InChI=1S/C19H31N5O3/c1-3-8-13(2)27-18-22-16(20)15-17(23-18)24(19(25)21-15)11-6-4-9-14-10-5-7-12-26-14/h13-14H,3-12H2,1-2H3,(H,21,25)(H2,20,22,23)/t13-,14?/m1/s1. The second-order valence-electron chi connectivity index (χ2n) is 7.37. The van der Waals surface area contributed by atoms with E-state index in [-0.39, 0.29) is 23.6 Å². The number of nitrogens with one attached hydrogen (secondary N) is 1. The summed E-state index contributed by atoms with van der Waals surface area (Å²) >= 11 is 0. The van der Waals surface area contributed by atoms with Crippen LogP contribution in [0.3, 0.4) is 0 Å². The summed E-state index contributed by atoms with van der Waals surface area (Å²) in [6.45, 7) is 5.54. The molecule has 27 heavy (non-hydrogen) atoms. The van der Waals surface area contributed by atoms with Crippen LogP contribution in [0.2, 0.25) is 0 Å². The van der Waals surface area contributed by atoms with Gasteiger partial charge in [0, 0.05) is 13.2 Å². The van der Waals surface area contributed by atoms with Gasteiger partial charge >= 0.3 is 11.7 Å². The predicted molar refractivity (Wildman–Crippen MR) is 105 cm³/mol. The summed E-state index contributed by atoms with van der Waals surface area (Å²) < 4.78 is 13.2. The molecule has 1 fully saturated rings. The molecule has 3 heterocycles. The zero-order valence-electron chi connectivity index (χ0n) is 16.4. The lowest BCUT2D eigenvalue weighted by Gasteiger charge is -2.22. The monoisotopic (exact) mass is 377 g/mol. The van der Waals surface area contributed by atoms with Gasteiger partial charge < -0.3 is 20.2 Å². The minimum atomic E-state index is -0.210. The normalized spacial score (nSPS) is 18.7. The van der Waals surface area contributed by atoms with Crippen LogP contribution >= 0.6 is 0 Å². The van der Waals surface area contributed by atoms with Crippen molar-refractivity contribution >= 4 is 17.0 Å². The number of anilines is 1. The molecule has 8 heteroatoms. The average Bonchev–Trinajstić information content (AvgIpc) is 2.96. The fourth-order valence-electron chi connectivity index (χ4n) is 3.61. The first-order valence-corrected chi connectivity index (χ1v) is 10.1. The van der Waals surface area contributed by atoms with E-state index in [0.717, 1.165) is 45.1 Å². The molecule has 1 unspecified atom stereocenters. The molecule has 1 saturated heterocycles. The van der Waals surface area contributed by atoms with E-state index in [2.05, 4.69) is 21.9 Å². The largest absolute Gasteiger partial charge is 0.460 e. The smallest absolute Gasteiger partial charge is 0.327 e. The van der Waals surface area contributed by atoms with Crippen LogP contribution in [-0.2, 0) is 11.3 Å². The number of H-pyrrole nitrogens is 1. The van der Waals surface area contributed by atoms with Gasteiger partial charge in [0.15, 0.2) is 11.5 Å². The quantitative estimate of drug-likeness (QED) is 0.650. The fourth-order valence-corrected chi connectivity index (χ4v) is 3.61. The van der Waals surface area contributed by atoms with Crippen molar-refractivity contribution in [3.63, 3.8) is 0 Å². The number of nitrogens with zero attached hydrogens (tertiary/aromatic N) is 3. The number of hydrogen-bond acceptors (Lipinski definition) is 6. The maximum atomic E-state index is 12.3. The lowest BCUT2D eigenvalue weighted by Crippen LogP contribution is -2.20. The number of imidazole rings is 1. The first-order valence-electron chi connectivity index (χ1n) is 10.1. The minimum Gasteiger partial charge on any atom is -0.460 e. The van der Waals surface area contributed by atoms with Gasteiger partial charge in [-0.2, -0.15) is 9.97 Å². The fraction of sp³-hybridized carbons (Fsp3) is 0.737. The first-order chi connectivity index (χ1) is 13.1. The van der Waals surface area contributed by atoms with E-state index >= 15 is 0 Å². The molecule has 150 valence electrons. The van der Waals surface area contributed by atoms with Gasteiger partial charge in [-0.1, -0.05) is 13.3 Å². The van der Waals surface area contributed by atoms with E-state index in [1.165, 1.54) is 12.8 Å². The van der Waals surface area contributed by atoms with Gasteiger partial charge in [0.2, 0.25) is 0 Å². The molecular formula is C19H31N5O3. The maximum absolute atomic E-state index is 12.3. The number of aromatic amines is 1. The molecule has 0 saturated carbocycles. The van der Waals surface area contributed by atoms with Gasteiger partial charge in [0.05, 0.1) is 12.2 Å². The van der Waals surface area contributed by atoms with Gasteiger partial charge in [-0.3, -0.25) is 4.57 Å². The number of unbranched alkanes of at least 4 members (excludes halogenated alkanes) is 1. The lowest BCUT2D eigenvalue weighted by molar-refractivity contribution is 0.00971. The van der Waals surface area contributed by atoms with Crippen LogP contribution in [0.25, 0.3) is 11.2 Å². The first kappa shape index (κ1) is 19.7. The number of nitrogen functional groups attached to an aromatic ring is 1. The number of nitrogens with two attached hydrogens (primary N) is 1. The van der Waals surface area contributed by atoms with E-state index in [4.69, 9.17) is 15.2 Å². The zero-order valence-corrected chi connectivity index (χ0v) is 16.4. The number of aromatic nitrogens is 4. The van der Waals surface area contributed by atoms with Crippen LogP contribution in [0.15, 0.2) is 4.79 Å². The van der Waals surface area contributed by atoms with E-state index in [1.807, 2.05) is 6.92 Å². The molecule has 0 spiro atoms. The number of fused-ring (bicyclic) bond motifs is 1. The molecule has 2 aromatic heterocycles. The third kappa shape index (κ3) is 5.00. The molecule has 0 bridgehead atoms. The Hall–Kier alpha value is -2.09. The van der Waals surface area contributed by atoms with Crippen molar-refractivity contribution in [1.29, 1.82) is 0 Å². The Morgan fingerprint density at radius 2 is 2.22 bits per heavy atom. The highest BCUT2D eigenvalue weighted by Gasteiger charge is 2.17.